The number of nitrogens with one attached hydrogen (secondary N) is 2. The minimum atomic E-state index is -3.84. The number of para-hydroxylation sites is 1. The van der Waals surface area contributed by atoms with Gasteiger partial charge in [-0.2, -0.15) is 0 Å². The van der Waals surface area contributed by atoms with Crippen LogP contribution >= 0.6 is 0 Å². The summed E-state index contributed by atoms with van der Waals surface area (Å²) in [5, 5.41) is 5.87. The highest BCUT2D eigenvalue weighted by molar-refractivity contribution is 8.14. The largest absolute Gasteiger partial charge is 0.489 e. The van der Waals surface area contributed by atoms with E-state index in [4.69, 9.17) is 4.74 Å². The van der Waals surface area contributed by atoms with Crippen molar-refractivity contribution in [3.8, 4) is 5.75 Å². The van der Waals surface area contributed by atoms with Gasteiger partial charge in [0, 0.05) is 26.6 Å². The number of likely N-dealkylation sites (N-methyl/N-ethyl adjacent to an activating group) is 1. The van der Waals surface area contributed by atoms with Gasteiger partial charge in [0.15, 0.2) is 0 Å². The van der Waals surface area contributed by atoms with E-state index in [2.05, 4.69) is 10.6 Å². The molecule has 0 aliphatic carbocycles. The van der Waals surface area contributed by atoms with Crippen LogP contribution in [0.5, 0.6) is 5.75 Å². The van der Waals surface area contributed by atoms with Gasteiger partial charge in [0.2, 0.25) is 17.7 Å². The minimum Gasteiger partial charge on any atom is -0.489 e. The lowest BCUT2D eigenvalue weighted by Crippen LogP contribution is -2.58. The Hall–Kier alpha value is -4.16. The quantitative estimate of drug-likeness (QED) is 0.364. The lowest BCUT2D eigenvalue weighted by Gasteiger charge is -2.36. The summed E-state index contributed by atoms with van der Waals surface area (Å²) in [6, 6.07) is 21.1. The molecule has 10 nitrogen and oxygen atoms in total. The summed E-state index contributed by atoms with van der Waals surface area (Å²) in [5.74, 6) is -0.509. The molecule has 3 aromatic carbocycles. The van der Waals surface area contributed by atoms with Gasteiger partial charge in [-0.1, -0.05) is 79.6 Å². The van der Waals surface area contributed by atoms with Crippen LogP contribution in [0.15, 0.2) is 83.8 Å². The second-order valence-electron chi connectivity index (χ2n) is 12.9. The van der Waals surface area contributed by atoms with Gasteiger partial charge in [-0.05, 0) is 69.4 Å². The molecule has 0 bridgehead atoms. The Morgan fingerprint density at radius 3 is 2.29 bits per heavy atom. The summed E-state index contributed by atoms with van der Waals surface area (Å²) in [5.41, 5.74) is 2.77. The van der Waals surface area contributed by atoms with Crippen LogP contribution in [-0.4, -0.2) is 86.9 Å². The zero-order valence-electron chi connectivity index (χ0n) is 29.2. The van der Waals surface area contributed by atoms with E-state index in [1.165, 1.54) is 4.90 Å². The smallest absolute Gasteiger partial charge is 0.361 e. The lowest BCUT2D eigenvalue weighted by atomic mass is 10.0. The van der Waals surface area contributed by atoms with E-state index < -0.39 is 46.5 Å². The number of hydrogen-bond donors (Lipinski definition) is 2. The van der Waals surface area contributed by atoms with Crippen molar-refractivity contribution in [3.05, 3.63) is 95.6 Å². The molecule has 4 rings (SSSR count). The van der Waals surface area contributed by atoms with Crippen molar-refractivity contribution in [2.75, 3.05) is 20.1 Å². The summed E-state index contributed by atoms with van der Waals surface area (Å²) in [6.45, 7) is 7.44. The molecule has 0 fully saturated rings. The first-order chi connectivity index (χ1) is 23.4. The van der Waals surface area contributed by atoms with Gasteiger partial charge in [-0.15, -0.1) is 0 Å². The fourth-order valence-corrected chi connectivity index (χ4v) is 7.44. The summed E-state index contributed by atoms with van der Waals surface area (Å²) in [6.07, 6.45) is 2.03. The van der Waals surface area contributed by atoms with Crippen molar-refractivity contribution in [2.24, 2.45) is 0 Å². The molecule has 2 N–H and O–H groups in total. The van der Waals surface area contributed by atoms with E-state index >= 15 is 0 Å². The summed E-state index contributed by atoms with van der Waals surface area (Å²) in [7, 11) is -2.30. The Labute approximate surface area is 291 Å². The standard InChI is InChI=1S/C37H49BN4O6S/c1-6-13-33-37(45)41(5)28(4)35(43)40-32(24-29-14-8-7-9-15-29)36(44)39-23-12-17-30-16-10-11-18-34(30)48-27(3)25-42(33)38-49(46,47)31-21-19-26(2)20-22-31/h7-11,14-16,18-22,27-28,32-33,38H,6,12-13,17,23-25H2,1-5H3,(H,39,44)(H,40,43)/t27-,28-,32-,33+/m1/s1. The number of nitrogens with zero attached hydrogens (tertiary/aromatic N) is 2. The Kier molecular flexibility index (Phi) is 13.4. The minimum absolute atomic E-state index is 0.152. The lowest BCUT2D eigenvalue weighted by molar-refractivity contribution is -0.142. The van der Waals surface area contributed by atoms with Crippen LogP contribution in [0.3, 0.4) is 0 Å². The normalized spacial score (nSPS) is 22.1. The number of benzene rings is 3. The molecule has 0 saturated heterocycles. The maximum Gasteiger partial charge on any atom is 0.361 e. The SMILES string of the molecule is CCC[C@H]1C(=O)N(C)[C@H](C)C(=O)N[C@H](Cc2ccccc2)C(=O)NCCCc2ccccc2O[C@H](C)CN1BS(=O)(=O)c1ccc(C)cc1. The molecule has 0 aromatic heterocycles. The van der Waals surface area contributed by atoms with E-state index in [1.54, 1.807) is 43.0 Å². The Morgan fingerprint density at radius 2 is 1.59 bits per heavy atom. The van der Waals surface area contributed by atoms with Crippen molar-refractivity contribution in [2.45, 2.75) is 88.9 Å². The van der Waals surface area contributed by atoms with E-state index in [0.717, 1.165) is 16.7 Å². The molecule has 0 radical (unpaired) electrons. The zero-order chi connectivity index (χ0) is 35.6. The number of carbonyl (C=O) groups is 3. The van der Waals surface area contributed by atoms with E-state index in [1.807, 2.05) is 75.4 Å². The average Bonchev–Trinajstić information content (AvgIpc) is 3.08. The molecular formula is C37H49BN4O6S. The van der Waals surface area contributed by atoms with Gasteiger partial charge >= 0.3 is 6.69 Å². The molecule has 1 aliphatic heterocycles. The van der Waals surface area contributed by atoms with E-state index in [-0.39, 0.29) is 29.7 Å². The van der Waals surface area contributed by atoms with Crippen molar-refractivity contribution in [3.63, 3.8) is 0 Å². The zero-order valence-corrected chi connectivity index (χ0v) is 30.0. The predicted octanol–water partition coefficient (Wildman–Crippen LogP) is 3.61. The number of carbonyl (C=O) groups excluding carboxylic acids is 3. The van der Waals surface area contributed by atoms with Gasteiger partial charge in [0.25, 0.3) is 0 Å². The first-order valence-electron chi connectivity index (χ1n) is 17.1. The fraction of sp³-hybridized carbons (Fsp3) is 0.432. The Bertz CT molecular complexity index is 1670. The summed E-state index contributed by atoms with van der Waals surface area (Å²) >= 11 is 0. The van der Waals surface area contributed by atoms with Crippen molar-refractivity contribution < 1.29 is 27.5 Å². The maximum absolute atomic E-state index is 14.3. The molecule has 262 valence electrons. The molecule has 0 unspecified atom stereocenters. The maximum atomic E-state index is 14.3. The second kappa shape index (κ2) is 17.5. The van der Waals surface area contributed by atoms with Crippen LogP contribution in [0.4, 0.5) is 0 Å². The molecule has 3 amide bonds. The second-order valence-corrected chi connectivity index (χ2v) is 14.9. The third-order valence-corrected chi connectivity index (χ3v) is 10.6. The summed E-state index contributed by atoms with van der Waals surface area (Å²) in [4.78, 5) is 44.6. The molecule has 3 aromatic rings. The molecule has 1 heterocycles. The molecule has 1 aliphatic rings. The summed E-state index contributed by atoms with van der Waals surface area (Å²) < 4.78 is 34.0. The van der Waals surface area contributed by atoms with Crippen LogP contribution in [0.25, 0.3) is 0 Å². The third kappa shape index (κ3) is 10.4. The Morgan fingerprint density at radius 1 is 0.918 bits per heavy atom. The van der Waals surface area contributed by atoms with E-state index in [0.29, 0.717) is 38.0 Å². The highest BCUT2D eigenvalue weighted by atomic mass is 32.2. The number of aryl methyl sites for hydroxylation is 2. The first-order valence-corrected chi connectivity index (χ1v) is 18.7. The monoisotopic (exact) mass is 688 g/mol. The predicted molar refractivity (Wildman–Crippen MR) is 193 cm³/mol. The van der Waals surface area contributed by atoms with Crippen molar-refractivity contribution in [1.82, 2.24) is 20.3 Å². The molecular weight excluding hydrogens is 639 g/mol. The van der Waals surface area contributed by atoms with Crippen LogP contribution in [0.2, 0.25) is 0 Å². The van der Waals surface area contributed by atoms with E-state index in [9.17, 15) is 22.8 Å². The van der Waals surface area contributed by atoms with Crippen LogP contribution in [0.1, 0.15) is 56.7 Å². The van der Waals surface area contributed by atoms with Crippen LogP contribution < -0.4 is 15.4 Å². The Balaban J connectivity index is 1.71. The fourth-order valence-electron chi connectivity index (χ4n) is 6.02. The first kappa shape index (κ1) is 37.7. The highest BCUT2D eigenvalue weighted by Crippen LogP contribution is 2.23. The van der Waals surface area contributed by atoms with Crippen LogP contribution in [-0.2, 0) is 36.9 Å². The number of ether oxygens (including phenoxy) is 1. The van der Waals surface area contributed by atoms with Gasteiger partial charge in [0.1, 0.15) is 33.6 Å². The molecule has 0 spiro atoms. The molecule has 49 heavy (non-hydrogen) atoms. The number of fused-ring (bicyclic) bond motifs is 1. The average molecular weight is 689 g/mol. The number of rotatable bonds is 7. The van der Waals surface area contributed by atoms with Gasteiger partial charge in [-0.3, -0.25) is 14.4 Å². The van der Waals surface area contributed by atoms with Crippen molar-refractivity contribution >= 4 is 34.1 Å². The molecule has 12 heteroatoms. The topological polar surface area (TPSA) is 125 Å². The molecule has 4 atom stereocenters. The third-order valence-electron chi connectivity index (χ3n) is 8.94. The highest BCUT2D eigenvalue weighted by Gasteiger charge is 2.37. The van der Waals surface area contributed by atoms with Crippen molar-refractivity contribution in [1.29, 1.82) is 0 Å². The number of hydrogen-bond acceptors (Lipinski definition) is 7. The van der Waals surface area contributed by atoms with Crippen LogP contribution in [0, 0.1) is 6.92 Å². The van der Waals surface area contributed by atoms with Gasteiger partial charge in [0.05, 0.1) is 10.9 Å². The molecule has 0 saturated carbocycles. The van der Waals surface area contributed by atoms with Gasteiger partial charge < -0.3 is 25.1 Å². The van der Waals surface area contributed by atoms with Gasteiger partial charge in [-0.25, -0.2) is 8.42 Å². The number of amides is 3.